The summed E-state index contributed by atoms with van der Waals surface area (Å²) in [6, 6.07) is 11.5. The average Bonchev–Trinajstić information content (AvgIpc) is 3.36. The number of nitrogens with zero attached hydrogens (tertiary/aromatic N) is 1. The van der Waals surface area contributed by atoms with Crippen LogP contribution in [-0.2, 0) is 26.6 Å². The lowest BCUT2D eigenvalue weighted by atomic mass is 9.64. The molecule has 6 atom stereocenters. The van der Waals surface area contributed by atoms with Crippen LogP contribution in [0.4, 0.5) is 5.69 Å². The van der Waals surface area contributed by atoms with Gasteiger partial charge in [-0.3, -0.25) is 4.79 Å². The number of sulfonamides is 1. The molecule has 6 aliphatic rings. The van der Waals surface area contributed by atoms with Gasteiger partial charge >= 0.3 is 0 Å². The van der Waals surface area contributed by atoms with Crippen molar-refractivity contribution in [3.05, 3.63) is 70.3 Å². The first kappa shape index (κ1) is 48.8. The number of benzene rings is 2. The van der Waals surface area contributed by atoms with Gasteiger partial charge in [0.25, 0.3) is 5.91 Å². The molecule has 3 fully saturated rings. The molecule has 14 heteroatoms. The van der Waals surface area contributed by atoms with E-state index in [1.165, 1.54) is 28.4 Å². The summed E-state index contributed by atoms with van der Waals surface area (Å²) in [5, 5.41) is 15.9. The van der Waals surface area contributed by atoms with Crippen molar-refractivity contribution in [3.8, 4) is 5.75 Å². The lowest BCUT2D eigenvalue weighted by molar-refractivity contribution is -0.0333. The zero-order valence-electron chi connectivity index (χ0n) is 34.5. The number of hydrogen-bond donors (Lipinski definition) is 3. The molecule has 0 unspecified atom stereocenters. The van der Waals surface area contributed by atoms with Crippen LogP contribution in [0.25, 0.3) is 0 Å². The Morgan fingerprint density at radius 3 is 2.46 bits per heavy atom. The molecule has 0 radical (unpaired) electrons. The highest BCUT2D eigenvalue weighted by Crippen LogP contribution is 2.53. The number of anilines is 1. The first-order valence-electron chi connectivity index (χ1n) is 21.1. The van der Waals surface area contributed by atoms with E-state index in [-0.39, 0.29) is 40.7 Å². The van der Waals surface area contributed by atoms with E-state index in [1.54, 1.807) is 26.2 Å². The van der Waals surface area contributed by atoms with Gasteiger partial charge < -0.3 is 24.8 Å². The Morgan fingerprint density at radius 2 is 1.80 bits per heavy atom. The number of amides is 1. The van der Waals surface area contributed by atoms with Crippen LogP contribution in [-0.4, -0.2) is 96.8 Å². The maximum absolute atomic E-state index is 13.5. The third-order valence-electron chi connectivity index (χ3n) is 13.0. The van der Waals surface area contributed by atoms with Crippen LogP contribution in [0.5, 0.6) is 5.75 Å². The van der Waals surface area contributed by atoms with Crippen LogP contribution in [0.3, 0.4) is 0 Å². The van der Waals surface area contributed by atoms with Crippen molar-refractivity contribution < 1.29 is 27.8 Å². The molecule has 4 heterocycles. The second kappa shape index (κ2) is 21.9. The SMILES string of the molecule is C.CCI.COC1CCNCC1.C[C@@H]1[C@@H](C)C/C=C/[C@@](O)(C2SCCCS2)[C@@H]2CC[C@H]2CN2C[C@@]3(CCCc4cc(Cl)ccc43)COc3ccc(cc32)C(=O)NS1(=O)=O. The van der Waals surface area contributed by atoms with Gasteiger partial charge in [0.05, 0.1) is 28.2 Å². The van der Waals surface area contributed by atoms with E-state index in [2.05, 4.69) is 56.6 Å². The topological polar surface area (TPSA) is 117 Å². The fourth-order valence-corrected chi connectivity index (χ4v) is 14.1. The fourth-order valence-electron chi connectivity index (χ4n) is 9.35. The molecule has 2 aromatic carbocycles. The van der Waals surface area contributed by atoms with E-state index >= 15 is 0 Å². The van der Waals surface area contributed by atoms with Crippen LogP contribution in [0, 0.1) is 17.8 Å². The number of piperidine rings is 1. The fraction of sp³-hybridized carbons (Fsp3) is 0.667. The number of methoxy groups -OCH3 is 1. The molecule has 0 aromatic heterocycles. The first-order valence-corrected chi connectivity index (χ1v) is 26.7. The van der Waals surface area contributed by atoms with E-state index in [0.29, 0.717) is 38.0 Å². The van der Waals surface area contributed by atoms with Gasteiger partial charge in [-0.2, -0.15) is 0 Å². The third-order valence-corrected chi connectivity index (χ3v) is 18.4. The van der Waals surface area contributed by atoms with Gasteiger partial charge in [0.2, 0.25) is 10.0 Å². The molecular formula is C45H67ClIN3O6S3. The predicted molar refractivity (Wildman–Crippen MR) is 258 cm³/mol. The van der Waals surface area contributed by atoms with Crippen LogP contribution in [0.2, 0.25) is 5.02 Å². The molecule has 2 saturated heterocycles. The number of aryl methyl sites for hydroxylation is 1. The monoisotopic (exact) mass is 1000 g/mol. The maximum Gasteiger partial charge on any atom is 0.264 e. The van der Waals surface area contributed by atoms with E-state index in [0.717, 1.165) is 73.8 Å². The molecule has 8 rings (SSSR count). The highest BCUT2D eigenvalue weighted by atomic mass is 127. The Labute approximate surface area is 381 Å². The second-order valence-electron chi connectivity index (χ2n) is 16.8. The number of alkyl halides is 1. The van der Waals surface area contributed by atoms with E-state index in [9.17, 15) is 18.3 Å². The zero-order valence-corrected chi connectivity index (χ0v) is 39.9. The molecule has 330 valence electrons. The zero-order chi connectivity index (χ0) is 41.5. The molecule has 3 N–H and O–H groups in total. The number of rotatable bonds is 2. The second-order valence-corrected chi connectivity index (χ2v) is 23.5. The summed E-state index contributed by atoms with van der Waals surface area (Å²) in [4.78, 5) is 15.9. The number of carbonyl (C=O) groups excluding carboxylic acids is 1. The minimum atomic E-state index is -3.95. The van der Waals surface area contributed by atoms with E-state index in [1.807, 2.05) is 54.7 Å². The van der Waals surface area contributed by atoms with Crippen molar-refractivity contribution in [2.75, 3.05) is 60.7 Å². The molecule has 9 nitrogen and oxygen atoms in total. The Hall–Kier alpha value is -1.20. The average molecular weight is 1000 g/mol. The number of halogens is 2. The van der Waals surface area contributed by atoms with Crippen LogP contribution >= 0.6 is 57.7 Å². The number of aliphatic hydroxyl groups is 1. The molecule has 1 saturated carbocycles. The molecule has 59 heavy (non-hydrogen) atoms. The number of ether oxygens (including phenoxy) is 2. The van der Waals surface area contributed by atoms with Gasteiger partial charge in [-0.15, -0.1) is 23.5 Å². The largest absolute Gasteiger partial charge is 0.490 e. The number of fused-ring (bicyclic) bond motifs is 4. The van der Waals surface area contributed by atoms with Crippen molar-refractivity contribution in [1.29, 1.82) is 0 Å². The summed E-state index contributed by atoms with van der Waals surface area (Å²) in [5.74, 6) is 2.18. The minimum Gasteiger partial charge on any atom is -0.490 e. The number of nitrogens with one attached hydrogen (secondary N) is 2. The van der Waals surface area contributed by atoms with Crippen molar-refractivity contribution in [2.45, 2.75) is 113 Å². The van der Waals surface area contributed by atoms with Crippen LogP contribution < -0.4 is 19.7 Å². The Bertz CT molecular complexity index is 1840. The molecule has 2 aliphatic carbocycles. The van der Waals surface area contributed by atoms with Crippen molar-refractivity contribution in [3.63, 3.8) is 0 Å². The maximum atomic E-state index is 13.5. The first-order chi connectivity index (χ1) is 27.8. The summed E-state index contributed by atoms with van der Waals surface area (Å²) in [7, 11) is -2.17. The van der Waals surface area contributed by atoms with Crippen molar-refractivity contribution >= 4 is 79.3 Å². The normalized spacial score (nSPS) is 31.4. The highest BCUT2D eigenvalue weighted by Gasteiger charge is 2.52. The number of carbonyl (C=O) groups is 1. The number of thioether (sulfide) groups is 2. The Kier molecular flexibility index (Phi) is 18.1. The smallest absolute Gasteiger partial charge is 0.264 e. The molecule has 4 aliphatic heterocycles. The molecular weight excluding hydrogens is 937 g/mol. The molecule has 1 amide bonds. The Balaban J connectivity index is 0.000000484. The predicted octanol–water partition coefficient (Wildman–Crippen LogP) is 9.27. The summed E-state index contributed by atoms with van der Waals surface area (Å²) in [6.07, 6.45) is 13.4. The van der Waals surface area contributed by atoms with Crippen LogP contribution in [0.1, 0.15) is 101 Å². The third kappa shape index (κ3) is 11.5. The van der Waals surface area contributed by atoms with Gasteiger partial charge in [-0.25, -0.2) is 13.1 Å². The molecule has 2 bridgehead atoms. The Morgan fingerprint density at radius 1 is 1.07 bits per heavy atom. The van der Waals surface area contributed by atoms with Crippen molar-refractivity contribution in [2.24, 2.45) is 17.8 Å². The van der Waals surface area contributed by atoms with Crippen molar-refractivity contribution in [1.82, 2.24) is 10.0 Å². The summed E-state index contributed by atoms with van der Waals surface area (Å²) in [6.45, 7) is 9.80. The van der Waals surface area contributed by atoms with Crippen LogP contribution in [0.15, 0.2) is 48.6 Å². The quantitative estimate of drug-likeness (QED) is 0.153. The van der Waals surface area contributed by atoms with Gasteiger partial charge in [0.1, 0.15) is 11.4 Å². The number of hydrogen-bond acceptors (Lipinski definition) is 10. The standard InChI is InChI=1S/C36H45ClN2O5S3.C6H13NO.C2H5I.CH4/c1-23-6-3-15-36(41,34-45-16-5-17-46-34)30-11-8-27(30)20-39-21-35(14-4-7-25-18-28(37)10-12-29(25)35)22-44-32-13-9-26(19-31(32)39)33(40)38-47(42,43)24(23)2;1-8-6-2-4-7-5-3-6;1-2-3;/h3,9-10,12-13,15,18-19,23-24,27,30,34,41H,4-8,11,14,16-17,20-22H2,1-2H3,(H,38,40);6-7H,2-5H2,1H3;2H2,1H3;1H4/b15-3+;;;/t23-,24+,27-,30+,35-,36-;;;/m0.../s1. The van der Waals surface area contributed by atoms with Gasteiger partial charge in [0.15, 0.2) is 0 Å². The lowest BCUT2D eigenvalue weighted by Gasteiger charge is -2.51. The highest BCUT2D eigenvalue weighted by molar-refractivity contribution is 14.1. The summed E-state index contributed by atoms with van der Waals surface area (Å²) < 4.78 is 42.2. The minimum absolute atomic E-state index is 0. The number of allylic oxidation sites excluding steroid dienone is 1. The van der Waals surface area contributed by atoms with Gasteiger partial charge in [-0.1, -0.05) is 73.7 Å². The summed E-state index contributed by atoms with van der Waals surface area (Å²) >= 11 is 12.4. The molecule has 2 aromatic rings. The van der Waals surface area contributed by atoms with E-state index in [4.69, 9.17) is 21.1 Å². The van der Waals surface area contributed by atoms with E-state index < -0.39 is 26.8 Å². The summed E-state index contributed by atoms with van der Waals surface area (Å²) in [5.41, 5.74) is 2.32. The lowest BCUT2D eigenvalue weighted by Crippen LogP contribution is -2.55. The molecule has 1 spiro atoms. The van der Waals surface area contributed by atoms with Gasteiger partial charge in [0, 0.05) is 36.2 Å². The van der Waals surface area contributed by atoms with Gasteiger partial charge in [-0.05, 0) is 153 Å².